The molecule has 2 rings (SSSR count). The standard InChI is InChI=1S/C7H9.C5H5.C2H4.2ClH.Zr/c1-6-3-4-7(2)5-6;1-2-4-5-3-1;1-2;;;/h3-5H,1-2H3;1-5H;1H,2H3;2*1H;/q2*-1;;;;+2/p-2. The predicted octanol–water partition coefficient (Wildman–Crippen LogP) is 5.16. The van der Waals surface area contributed by atoms with Crippen molar-refractivity contribution in [3.63, 3.8) is 0 Å². The SMILES string of the molecule is C[CH]=[Zr]([Cl])[Cl].Cc1c[cH-]c(C)c1.c1cc[cH-]c1. The zero-order valence-electron chi connectivity index (χ0n) is 10.5. The molecule has 3 heteroatoms. The second kappa shape index (κ2) is 11.1. The van der Waals surface area contributed by atoms with Gasteiger partial charge in [0, 0.05) is 0 Å². The fourth-order valence-electron chi connectivity index (χ4n) is 1.04. The minimum atomic E-state index is -1.76. The molecule has 0 aliphatic heterocycles. The zero-order chi connectivity index (χ0) is 13.1. The van der Waals surface area contributed by atoms with E-state index < -0.39 is 18.9 Å². The Morgan fingerprint density at radius 2 is 1.71 bits per heavy atom. The molecule has 0 aromatic heterocycles. The van der Waals surface area contributed by atoms with E-state index in [0.29, 0.717) is 0 Å². The number of rotatable bonds is 0. The van der Waals surface area contributed by atoms with Gasteiger partial charge in [-0.15, -0.1) is 0 Å². The zero-order valence-corrected chi connectivity index (χ0v) is 14.4. The van der Waals surface area contributed by atoms with Crippen molar-refractivity contribution in [2.75, 3.05) is 0 Å². The maximum absolute atomic E-state index is 5.37. The first kappa shape index (κ1) is 17.0. The molecule has 0 aliphatic carbocycles. The average Bonchev–Trinajstić information content (AvgIpc) is 2.94. The number of halogens is 2. The van der Waals surface area contributed by atoms with Gasteiger partial charge in [0.05, 0.1) is 0 Å². The number of hydrogen-bond donors (Lipinski definition) is 0. The van der Waals surface area contributed by atoms with Crippen molar-refractivity contribution < 1.29 is 18.9 Å². The van der Waals surface area contributed by atoms with Crippen LogP contribution < -0.4 is 0 Å². The van der Waals surface area contributed by atoms with Crippen molar-refractivity contribution in [1.82, 2.24) is 0 Å². The van der Waals surface area contributed by atoms with E-state index in [2.05, 4.69) is 32.0 Å². The van der Waals surface area contributed by atoms with Crippen LogP contribution in [0.5, 0.6) is 0 Å². The van der Waals surface area contributed by atoms with Crippen LogP contribution in [0.3, 0.4) is 0 Å². The van der Waals surface area contributed by atoms with Gasteiger partial charge >= 0.3 is 46.5 Å². The van der Waals surface area contributed by atoms with Gasteiger partial charge in [0.25, 0.3) is 0 Å². The quantitative estimate of drug-likeness (QED) is 0.577. The summed E-state index contributed by atoms with van der Waals surface area (Å²) < 4.78 is 1.89. The van der Waals surface area contributed by atoms with E-state index >= 15 is 0 Å². The molecule has 0 unspecified atom stereocenters. The number of hydrogen-bond acceptors (Lipinski definition) is 0. The molecule has 0 bridgehead atoms. The Kier molecular flexibility index (Phi) is 11.2. The summed E-state index contributed by atoms with van der Waals surface area (Å²) in [6.45, 7) is 6.11. The summed E-state index contributed by atoms with van der Waals surface area (Å²) in [6.07, 6.45) is 0. The first-order chi connectivity index (χ1) is 8.06. The van der Waals surface area contributed by atoms with E-state index in [9.17, 15) is 0 Å². The molecular weight excluding hydrogens is 330 g/mol. The van der Waals surface area contributed by atoms with Gasteiger partial charge in [-0.1, -0.05) is 13.8 Å². The molecule has 94 valence electrons. The molecule has 0 aliphatic rings. The van der Waals surface area contributed by atoms with Crippen molar-refractivity contribution >= 4 is 20.7 Å². The molecular formula is C14H18Cl2Zr-2. The minimum Gasteiger partial charge on any atom is -0.214 e. The topological polar surface area (TPSA) is 0 Å². The Labute approximate surface area is 119 Å². The Hall–Kier alpha value is 0.0331. The van der Waals surface area contributed by atoms with Crippen LogP contribution >= 0.6 is 17.0 Å². The van der Waals surface area contributed by atoms with E-state index in [0.717, 1.165) is 0 Å². The molecule has 0 nitrogen and oxygen atoms in total. The van der Waals surface area contributed by atoms with Crippen LogP contribution in [0.1, 0.15) is 18.1 Å². The van der Waals surface area contributed by atoms with Gasteiger partial charge < -0.3 is 0 Å². The molecule has 0 N–H and O–H groups in total. The fraction of sp³-hybridized carbons (Fsp3) is 0.214. The third-order valence-corrected chi connectivity index (χ3v) is 5.49. The molecule has 17 heavy (non-hydrogen) atoms. The normalized spacial score (nSPS) is 8.29. The molecule has 0 fully saturated rings. The van der Waals surface area contributed by atoms with Gasteiger partial charge in [-0.3, -0.25) is 0 Å². The summed E-state index contributed by atoms with van der Waals surface area (Å²) in [5.41, 5.74) is 2.72. The summed E-state index contributed by atoms with van der Waals surface area (Å²) >= 11 is -1.76. The fourth-order valence-corrected chi connectivity index (χ4v) is 1.04. The molecule has 2 aromatic rings. The largest absolute Gasteiger partial charge is 0.214 e. The van der Waals surface area contributed by atoms with Gasteiger partial charge in [-0.25, -0.2) is 23.8 Å². The third-order valence-electron chi connectivity index (χ3n) is 1.84. The Morgan fingerprint density at radius 1 is 1.18 bits per heavy atom. The summed E-state index contributed by atoms with van der Waals surface area (Å²) in [5, 5.41) is 0. The van der Waals surface area contributed by atoms with Crippen molar-refractivity contribution in [3.05, 3.63) is 59.7 Å². The molecule has 0 atom stereocenters. The molecule has 0 saturated heterocycles. The molecule has 0 radical (unpaired) electrons. The molecule has 0 saturated carbocycles. The Morgan fingerprint density at radius 3 is 1.82 bits per heavy atom. The first-order valence-electron chi connectivity index (χ1n) is 5.40. The first-order valence-corrected chi connectivity index (χ1v) is 13.1. The minimum absolute atomic E-state index is 1.36. The van der Waals surface area contributed by atoms with Crippen LogP contribution in [-0.4, -0.2) is 3.71 Å². The van der Waals surface area contributed by atoms with Gasteiger partial charge in [-0.05, 0) is 0 Å². The van der Waals surface area contributed by atoms with Crippen molar-refractivity contribution in [3.8, 4) is 0 Å². The Bertz CT molecular complexity index is 362. The van der Waals surface area contributed by atoms with Crippen LogP contribution in [0.4, 0.5) is 0 Å². The van der Waals surface area contributed by atoms with Crippen molar-refractivity contribution in [1.29, 1.82) is 0 Å². The van der Waals surface area contributed by atoms with Gasteiger partial charge in [-0.2, -0.15) is 35.9 Å². The third kappa shape index (κ3) is 12.3. The smallest absolute Gasteiger partial charge is 0.0635 e. The summed E-state index contributed by atoms with van der Waals surface area (Å²) in [5.74, 6) is 0. The van der Waals surface area contributed by atoms with Gasteiger partial charge in [0.15, 0.2) is 0 Å². The predicted molar refractivity (Wildman–Crippen MR) is 77.0 cm³/mol. The van der Waals surface area contributed by atoms with Crippen LogP contribution in [0.25, 0.3) is 0 Å². The van der Waals surface area contributed by atoms with Crippen LogP contribution in [0.2, 0.25) is 0 Å². The van der Waals surface area contributed by atoms with Gasteiger partial charge in [0.2, 0.25) is 0 Å². The monoisotopic (exact) mass is 346 g/mol. The second-order valence-corrected chi connectivity index (χ2v) is 12.3. The molecule has 2 aromatic carbocycles. The van der Waals surface area contributed by atoms with E-state index in [-0.39, 0.29) is 0 Å². The van der Waals surface area contributed by atoms with E-state index in [4.69, 9.17) is 17.0 Å². The second-order valence-electron chi connectivity index (χ2n) is 3.51. The summed E-state index contributed by atoms with van der Waals surface area (Å²) in [6, 6.07) is 16.4. The molecule has 0 heterocycles. The van der Waals surface area contributed by atoms with Crippen LogP contribution in [0, 0.1) is 13.8 Å². The van der Waals surface area contributed by atoms with Crippen molar-refractivity contribution in [2.45, 2.75) is 20.8 Å². The van der Waals surface area contributed by atoms with Crippen molar-refractivity contribution in [2.24, 2.45) is 0 Å². The average molecular weight is 348 g/mol. The van der Waals surface area contributed by atoms with Crippen LogP contribution in [0.15, 0.2) is 48.5 Å². The van der Waals surface area contributed by atoms with E-state index in [1.165, 1.54) is 11.1 Å². The maximum Gasteiger partial charge on any atom is -0.0635 e. The van der Waals surface area contributed by atoms with E-state index in [1.54, 1.807) is 0 Å². The Balaban J connectivity index is 0.000000232. The summed E-state index contributed by atoms with van der Waals surface area (Å²) in [7, 11) is 10.7. The molecule has 0 spiro atoms. The van der Waals surface area contributed by atoms with E-state index in [1.807, 2.05) is 41.0 Å². The summed E-state index contributed by atoms with van der Waals surface area (Å²) in [4.78, 5) is 0. The van der Waals surface area contributed by atoms with Crippen LogP contribution in [-0.2, 0) is 18.9 Å². The number of aryl methyl sites for hydroxylation is 2. The maximum atomic E-state index is 5.37. The van der Waals surface area contributed by atoms with Gasteiger partial charge in [0.1, 0.15) is 0 Å². The molecule has 0 amide bonds.